The molecule has 1 amide bonds. The number of methoxy groups -OCH3 is 1. The first-order valence-electron chi connectivity index (χ1n) is 7.47. The molecule has 1 N–H and O–H groups in total. The summed E-state index contributed by atoms with van der Waals surface area (Å²) in [5.41, 5.74) is 1.36. The van der Waals surface area contributed by atoms with Crippen LogP contribution in [0.3, 0.4) is 0 Å². The lowest BCUT2D eigenvalue weighted by Gasteiger charge is -2.26. The fourth-order valence-electron chi connectivity index (χ4n) is 2.48. The summed E-state index contributed by atoms with van der Waals surface area (Å²) < 4.78 is 5.42. The van der Waals surface area contributed by atoms with Crippen LogP contribution in [0.4, 0.5) is 0 Å². The second-order valence-corrected chi connectivity index (χ2v) is 6.32. The third kappa shape index (κ3) is 4.20. The highest BCUT2D eigenvalue weighted by Gasteiger charge is 2.20. The van der Waals surface area contributed by atoms with Gasteiger partial charge in [0.25, 0.3) is 5.91 Å². The van der Waals surface area contributed by atoms with Crippen LogP contribution >= 0.6 is 23.2 Å². The molecule has 128 valence electrons. The van der Waals surface area contributed by atoms with E-state index >= 15 is 0 Å². The van der Waals surface area contributed by atoms with Crippen LogP contribution in [0.15, 0.2) is 42.5 Å². The third-order valence-corrected chi connectivity index (χ3v) is 4.59. The van der Waals surface area contributed by atoms with Crippen molar-refractivity contribution in [1.82, 2.24) is 10.2 Å². The van der Waals surface area contributed by atoms with Crippen molar-refractivity contribution in [2.75, 3.05) is 27.7 Å². The molecule has 0 bridgehead atoms. The molecule has 0 radical (unpaired) electrons. The monoisotopic (exact) mass is 366 g/mol. The van der Waals surface area contributed by atoms with Crippen molar-refractivity contribution in [3.63, 3.8) is 0 Å². The Hall–Kier alpha value is -1.75. The van der Waals surface area contributed by atoms with E-state index in [9.17, 15) is 4.79 Å². The minimum absolute atomic E-state index is 0.0388. The summed E-state index contributed by atoms with van der Waals surface area (Å²) in [5.74, 6) is 0.524. The fraction of sp³-hybridized carbons (Fsp3) is 0.278. The van der Waals surface area contributed by atoms with Crippen molar-refractivity contribution < 1.29 is 9.53 Å². The predicted octanol–water partition coefficient (Wildman–Crippen LogP) is 4.03. The van der Waals surface area contributed by atoms with Gasteiger partial charge in [0.05, 0.1) is 28.8 Å². The summed E-state index contributed by atoms with van der Waals surface area (Å²) in [7, 11) is 5.54. The summed E-state index contributed by atoms with van der Waals surface area (Å²) in [6.45, 7) is 0.412. The van der Waals surface area contributed by atoms with Crippen molar-refractivity contribution in [2.45, 2.75) is 6.04 Å². The first-order chi connectivity index (χ1) is 11.5. The van der Waals surface area contributed by atoms with E-state index in [0.717, 1.165) is 11.3 Å². The molecular formula is C18H20Cl2N2O2. The number of hydrogen-bond donors (Lipinski definition) is 1. The number of likely N-dealkylation sites (N-methyl/N-ethyl adjacent to an activating group) is 1. The number of halogens is 2. The molecule has 2 rings (SSSR count). The topological polar surface area (TPSA) is 41.6 Å². The molecule has 1 atom stereocenters. The van der Waals surface area contributed by atoms with Crippen molar-refractivity contribution in [3.8, 4) is 5.75 Å². The number of rotatable bonds is 6. The summed E-state index contributed by atoms with van der Waals surface area (Å²) in [6.07, 6.45) is 0. The van der Waals surface area contributed by atoms with Gasteiger partial charge >= 0.3 is 0 Å². The molecule has 6 heteroatoms. The number of carbonyl (C=O) groups excluding carboxylic acids is 1. The standard InChI is InChI=1S/C18H20Cl2N2O2/c1-22(2)15(12-7-4-5-10-16(12)24-3)11-21-18(23)13-8-6-9-14(19)17(13)20/h4-10,15H,11H2,1-3H3,(H,21,23). The largest absolute Gasteiger partial charge is 0.496 e. The number of benzene rings is 2. The van der Waals surface area contributed by atoms with Gasteiger partial charge in [-0.3, -0.25) is 4.79 Å². The number of para-hydroxylation sites is 1. The van der Waals surface area contributed by atoms with Gasteiger partial charge in [-0.05, 0) is 32.3 Å². The lowest BCUT2D eigenvalue weighted by Crippen LogP contribution is -2.34. The third-order valence-electron chi connectivity index (χ3n) is 3.77. The molecule has 0 fully saturated rings. The maximum Gasteiger partial charge on any atom is 0.252 e. The molecule has 0 aliphatic carbocycles. The summed E-state index contributed by atoms with van der Waals surface area (Å²) in [4.78, 5) is 14.5. The lowest BCUT2D eigenvalue weighted by molar-refractivity contribution is 0.0941. The van der Waals surface area contributed by atoms with Gasteiger partial charge in [0.15, 0.2) is 0 Å². The van der Waals surface area contributed by atoms with Crippen LogP contribution in [0.25, 0.3) is 0 Å². The Labute approximate surface area is 152 Å². The molecule has 1 unspecified atom stereocenters. The Morgan fingerprint density at radius 1 is 1.17 bits per heavy atom. The van der Waals surface area contributed by atoms with Gasteiger partial charge in [-0.1, -0.05) is 47.5 Å². The van der Waals surface area contributed by atoms with Crippen molar-refractivity contribution in [3.05, 3.63) is 63.6 Å². The average Bonchev–Trinajstić information content (AvgIpc) is 2.57. The minimum atomic E-state index is -0.260. The highest BCUT2D eigenvalue weighted by molar-refractivity contribution is 6.43. The van der Waals surface area contributed by atoms with Gasteiger partial charge in [-0.2, -0.15) is 0 Å². The molecular weight excluding hydrogens is 347 g/mol. The first kappa shape index (κ1) is 18.6. The van der Waals surface area contributed by atoms with E-state index in [4.69, 9.17) is 27.9 Å². The van der Waals surface area contributed by atoms with E-state index < -0.39 is 0 Å². The van der Waals surface area contributed by atoms with Crippen LogP contribution in [0.5, 0.6) is 5.75 Å². The summed E-state index contributed by atoms with van der Waals surface area (Å²) >= 11 is 12.1. The molecule has 0 aliphatic heterocycles. The minimum Gasteiger partial charge on any atom is -0.496 e. The molecule has 0 aromatic heterocycles. The molecule has 4 nitrogen and oxygen atoms in total. The summed E-state index contributed by atoms with van der Waals surface area (Å²) in [5, 5.41) is 3.54. The lowest BCUT2D eigenvalue weighted by atomic mass is 10.0. The maximum absolute atomic E-state index is 12.4. The van der Waals surface area contributed by atoms with Gasteiger partial charge in [0.1, 0.15) is 5.75 Å². The molecule has 0 saturated heterocycles. The average molecular weight is 367 g/mol. The van der Waals surface area contributed by atoms with Gasteiger partial charge in [-0.25, -0.2) is 0 Å². The Kier molecular flexibility index (Phi) is 6.49. The number of amides is 1. The molecule has 24 heavy (non-hydrogen) atoms. The van der Waals surface area contributed by atoms with Crippen LogP contribution in [-0.2, 0) is 0 Å². The van der Waals surface area contributed by atoms with Crippen LogP contribution in [0.2, 0.25) is 10.0 Å². The fourth-order valence-corrected chi connectivity index (χ4v) is 2.86. The molecule has 0 aliphatic rings. The molecule has 0 spiro atoms. The van der Waals surface area contributed by atoms with Crippen LogP contribution in [-0.4, -0.2) is 38.6 Å². The molecule has 2 aromatic carbocycles. The quantitative estimate of drug-likeness (QED) is 0.838. The Bertz CT molecular complexity index is 720. The van der Waals surface area contributed by atoms with Gasteiger partial charge in [0.2, 0.25) is 0 Å². The zero-order valence-corrected chi connectivity index (χ0v) is 15.4. The van der Waals surface area contributed by atoms with E-state index in [-0.39, 0.29) is 17.0 Å². The molecule has 2 aromatic rings. The zero-order chi connectivity index (χ0) is 17.7. The number of nitrogens with one attached hydrogen (secondary N) is 1. The van der Waals surface area contributed by atoms with Gasteiger partial charge in [-0.15, -0.1) is 0 Å². The maximum atomic E-state index is 12.4. The van der Waals surface area contributed by atoms with Crippen molar-refractivity contribution in [1.29, 1.82) is 0 Å². The number of hydrogen-bond acceptors (Lipinski definition) is 3. The van der Waals surface area contributed by atoms with E-state index in [1.54, 1.807) is 25.3 Å². The van der Waals surface area contributed by atoms with E-state index in [2.05, 4.69) is 5.32 Å². The SMILES string of the molecule is COc1ccccc1C(CNC(=O)c1cccc(Cl)c1Cl)N(C)C. The number of ether oxygens (including phenoxy) is 1. The Morgan fingerprint density at radius 2 is 1.88 bits per heavy atom. The zero-order valence-electron chi connectivity index (χ0n) is 13.8. The Balaban J connectivity index is 2.17. The van der Waals surface area contributed by atoms with E-state index in [1.165, 1.54) is 0 Å². The van der Waals surface area contributed by atoms with Gasteiger partial charge in [0, 0.05) is 12.1 Å². The van der Waals surface area contributed by atoms with E-state index in [1.807, 2.05) is 43.3 Å². The normalized spacial score (nSPS) is 12.1. The highest BCUT2D eigenvalue weighted by atomic mass is 35.5. The first-order valence-corrected chi connectivity index (χ1v) is 8.22. The Morgan fingerprint density at radius 3 is 2.54 bits per heavy atom. The van der Waals surface area contributed by atoms with Crippen LogP contribution in [0.1, 0.15) is 22.0 Å². The van der Waals surface area contributed by atoms with Crippen LogP contribution < -0.4 is 10.1 Å². The van der Waals surface area contributed by atoms with Crippen molar-refractivity contribution in [2.24, 2.45) is 0 Å². The smallest absolute Gasteiger partial charge is 0.252 e. The number of carbonyl (C=O) groups is 1. The molecule has 0 saturated carbocycles. The van der Waals surface area contributed by atoms with E-state index in [0.29, 0.717) is 17.1 Å². The molecule has 0 heterocycles. The number of nitrogens with zero attached hydrogens (tertiary/aromatic N) is 1. The van der Waals surface area contributed by atoms with Gasteiger partial charge < -0.3 is 15.0 Å². The second-order valence-electron chi connectivity index (χ2n) is 5.53. The highest BCUT2D eigenvalue weighted by Crippen LogP contribution is 2.28. The second kappa shape index (κ2) is 8.38. The van der Waals surface area contributed by atoms with Crippen LogP contribution in [0, 0.1) is 0 Å². The van der Waals surface area contributed by atoms with Crippen molar-refractivity contribution >= 4 is 29.1 Å². The summed E-state index contributed by atoms with van der Waals surface area (Å²) in [6, 6.07) is 12.7. The predicted molar refractivity (Wildman–Crippen MR) is 98.2 cm³/mol.